The highest BCUT2D eigenvalue weighted by Crippen LogP contribution is 2.43. The number of halogens is 1. The molecular formula is C23H26FNO4S2. The summed E-state index contributed by atoms with van der Waals surface area (Å²) in [5.74, 6) is -2.00. The molecule has 2 unspecified atom stereocenters. The summed E-state index contributed by atoms with van der Waals surface area (Å²) in [7, 11) is 0. The van der Waals surface area contributed by atoms with Gasteiger partial charge in [0, 0.05) is 24.2 Å². The quantitative estimate of drug-likeness (QED) is 0.233. The van der Waals surface area contributed by atoms with Gasteiger partial charge in [0.2, 0.25) is 5.83 Å². The summed E-state index contributed by atoms with van der Waals surface area (Å²) < 4.78 is 32.1. The Morgan fingerprint density at radius 2 is 2.13 bits per heavy atom. The Labute approximate surface area is 189 Å². The average molecular weight is 464 g/mol. The Morgan fingerprint density at radius 1 is 1.39 bits per heavy atom. The first-order chi connectivity index (χ1) is 14.9. The molecule has 1 N–H and O–H groups in total. The molecule has 2 aromatic carbocycles. The van der Waals surface area contributed by atoms with Crippen LogP contribution in [0.5, 0.6) is 5.75 Å². The van der Waals surface area contributed by atoms with E-state index in [1.165, 1.54) is 11.8 Å². The second-order valence-corrected chi connectivity index (χ2v) is 9.64. The largest absolute Gasteiger partial charge is 0.611 e. The van der Waals surface area contributed by atoms with Crippen LogP contribution in [0, 0.1) is 5.92 Å². The summed E-state index contributed by atoms with van der Waals surface area (Å²) in [5, 5.41) is 8.73. The van der Waals surface area contributed by atoms with Gasteiger partial charge in [-0.1, -0.05) is 38.0 Å². The van der Waals surface area contributed by atoms with Crippen molar-refractivity contribution in [2.75, 3.05) is 23.5 Å². The van der Waals surface area contributed by atoms with Crippen molar-refractivity contribution in [3.8, 4) is 5.75 Å². The maximum Gasteiger partial charge on any atom is 0.368 e. The van der Waals surface area contributed by atoms with Crippen molar-refractivity contribution in [3.05, 3.63) is 54.6 Å². The molecule has 0 saturated heterocycles. The van der Waals surface area contributed by atoms with E-state index in [2.05, 4.69) is 11.8 Å². The Balaban J connectivity index is 2.07. The van der Waals surface area contributed by atoms with E-state index in [0.717, 1.165) is 37.2 Å². The zero-order valence-corrected chi connectivity index (χ0v) is 19.2. The summed E-state index contributed by atoms with van der Waals surface area (Å²) in [6, 6.07) is 13.5. The predicted octanol–water partition coefficient (Wildman–Crippen LogP) is 5.75. The number of hydrogen-bond donors (Lipinski definition) is 1. The molecule has 0 bridgehead atoms. The molecule has 5 nitrogen and oxygen atoms in total. The fourth-order valence-corrected chi connectivity index (χ4v) is 5.63. The zero-order valence-electron chi connectivity index (χ0n) is 17.5. The third-order valence-corrected chi connectivity index (χ3v) is 7.49. The lowest BCUT2D eigenvalue weighted by Crippen LogP contribution is -2.26. The topological polar surface area (TPSA) is 72.8 Å². The number of unbranched alkanes of at least 4 members (excludes halogenated alkanes) is 1. The maximum absolute atomic E-state index is 13.4. The third kappa shape index (κ3) is 5.75. The lowest BCUT2D eigenvalue weighted by Gasteiger charge is -2.27. The Morgan fingerprint density at radius 3 is 2.77 bits per heavy atom. The number of anilines is 2. The second-order valence-electron chi connectivity index (χ2n) is 7.33. The molecule has 31 heavy (non-hydrogen) atoms. The summed E-state index contributed by atoms with van der Waals surface area (Å²) in [6.45, 7) is 2.90. The highest BCUT2D eigenvalue weighted by Gasteiger charge is 2.33. The first-order valence-electron chi connectivity index (χ1n) is 10.1. The molecule has 0 amide bonds. The molecule has 0 fully saturated rings. The second kappa shape index (κ2) is 10.9. The van der Waals surface area contributed by atoms with Gasteiger partial charge in [-0.15, -0.1) is 11.8 Å². The Kier molecular flexibility index (Phi) is 8.28. The van der Waals surface area contributed by atoms with E-state index in [-0.39, 0.29) is 11.7 Å². The van der Waals surface area contributed by atoms with E-state index in [1.54, 1.807) is 6.07 Å². The van der Waals surface area contributed by atoms with Crippen LogP contribution in [0.4, 0.5) is 15.8 Å². The molecule has 0 radical (unpaired) electrons. The van der Waals surface area contributed by atoms with Crippen LogP contribution in [0.25, 0.3) is 0 Å². The molecular weight excluding hydrogens is 437 g/mol. The normalized spacial score (nSPS) is 19.0. The van der Waals surface area contributed by atoms with Gasteiger partial charge in [-0.2, -0.15) is 4.39 Å². The monoisotopic (exact) mass is 463 g/mol. The first kappa shape index (κ1) is 23.5. The molecule has 0 spiro atoms. The predicted molar refractivity (Wildman–Crippen MR) is 123 cm³/mol. The molecule has 166 valence electrons. The smallest absolute Gasteiger partial charge is 0.368 e. The zero-order chi connectivity index (χ0) is 22.4. The summed E-state index contributed by atoms with van der Waals surface area (Å²) in [5.41, 5.74) is 1.85. The van der Waals surface area contributed by atoms with Crippen LogP contribution in [-0.2, 0) is 16.0 Å². The SMILES string of the molecule is CCCCC1CN(c2ccccc2)c2cc(SC)c(O/C=C(\F)C(=O)O)cc2[S+]([O-])C1. The van der Waals surface area contributed by atoms with Crippen LogP contribution in [0.1, 0.15) is 26.2 Å². The summed E-state index contributed by atoms with van der Waals surface area (Å²) >= 11 is 0.133. The van der Waals surface area contributed by atoms with Gasteiger partial charge in [0.05, 0.1) is 10.6 Å². The van der Waals surface area contributed by atoms with Crippen molar-refractivity contribution < 1.29 is 23.6 Å². The minimum absolute atomic E-state index is 0.264. The number of hydrogen-bond acceptors (Lipinski definition) is 5. The van der Waals surface area contributed by atoms with E-state index in [0.29, 0.717) is 21.8 Å². The van der Waals surface area contributed by atoms with Gasteiger partial charge >= 0.3 is 5.97 Å². The lowest BCUT2D eigenvalue weighted by atomic mass is 10.0. The van der Waals surface area contributed by atoms with Crippen molar-refractivity contribution in [1.82, 2.24) is 0 Å². The van der Waals surface area contributed by atoms with Gasteiger partial charge in [-0.25, -0.2) is 4.79 Å². The minimum atomic E-state index is -1.70. The van der Waals surface area contributed by atoms with Crippen LogP contribution >= 0.6 is 11.8 Å². The van der Waals surface area contributed by atoms with Crippen LogP contribution in [-0.4, -0.2) is 34.2 Å². The number of carbonyl (C=O) groups is 1. The van der Waals surface area contributed by atoms with Gasteiger partial charge in [-0.05, 0) is 42.1 Å². The van der Waals surface area contributed by atoms with E-state index in [4.69, 9.17) is 9.84 Å². The number of ether oxygens (including phenoxy) is 1. The van der Waals surface area contributed by atoms with E-state index < -0.39 is 23.0 Å². The maximum atomic E-state index is 13.4. The van der Waals surface area contributed by atoms with Crippen LogP contribution < -0.4 is 9.64 Å². The molecule has 2 aromatic rings. The first-order valence-corrected chi connectivity index (χ1v) is 12.7. The number of fused-ring (bicyclic) bond motifs is 1. The Bertz CT molecular complexity index is 939. The van der Waals surface area contributed by atoms with Gasteiger partial charge in [-0.3, -0.25) is 0 Å². The van der Waals surface area contributed by atoms with Crippen molar-refractivity contribution in [3.63, 3.8) is 0 Å². The molecule has 3 rings (SSSR count). The van der Waals surface area contributed by atoms with Crippen LogP contribution in [0.15, 0.2) is 64.3 Å². The molecule has 2 atom stereocenters. The molecule has 0 aliphatic carbocycles. The Hall–Kier alpha value is -2.16. The lowest BCUT2D eigenvalue weighted by molar-refractivity contribution is -0.134. The molecule has 0 aromatic heterocycles. The summed E-state index contributed by atoms with van der Waals surface area (Å²) in [4.78, 5) is 14.3. The van der Waals surface area contributed by atoms with Gasteiger partial charge in [0.1, 0.15) is 17.8 Å². The number of benzene rings is 2. The summed E-state index contributed by atoms with van der Waals surface area (Å²) in [6.07, 6.45) is 5.58. The van der Waals surface area contributed by atoms with E-state index >= 15 is 0 Å². The van der Waals surface area contributed by atoms with Gasteiger partial charge < -0.3 is 19.3 Å². The number of rotatable bonds is 8. The van der Waals surface area contributed by atoms with Gasteiger partial charge in [0.25, 0.3) is 0 Å². The van der Waals surface area contributed by atoms with Crippen molar-refractivity contribution in [2.24, 2.45) is 5.92 Å². The minimum Gasteiger partial charge on any atom is -0.611 e. The van der Waals surface area contributed by atoms with Crippen molar-refractivity contribution in [1.29, 1.82) is 0 Å². The number of aliphatic carboxylic acids is 1. The number of carboxylic acids is 1. The molecule has 1 aliphatic rings. The number of nitrogens with zero attached hydrogens (tertiary/aromatic N) is 1. The van der Waals surface area contributed by atoms with Crippen LogP contribution in [0.3, 0.4) is 0 Å². The van der Waals surface area contributed by atoms with Crippen LogP contribution in [0.2, 0.25) is 0 Å². The van der Waals surface area contributed by atoms with Crippen molar-refractivity contribution >= 4 is 40.3 Å². The standard InChI is InChI=1S/C23H26FNO4S2/c1-3-4-8-16-13-25(17-9-6-5-7-10-17)19-11-21(30-2)20(12-22(19)31(28)15-16)29-14-18(24)23(26)27/h5-7,9-12,14,16H,3-4,8,13,15H2,1-2H3,(H,26,27)/b18-14-. The number of carboxylic acid groups (broad SMARTS) is 1. The average Bonchev–Trinajstić information content (AvgIpc) is 2.91. The molecule has 1 heterocycles. The van der Waals surface area contributed by atoms with Gasteiger partial charge in [0.15, 0.2) is 4.90 Å². The fraction of sp³-hybridized carbons (Fsp3) is 0.348. The third-order valence-electron chi connectivity index (χ3n) is 5.14. The van der Waals surface area contributed by atoms with Crippen molar-refractivity contribution in [2.45, 2.75) is 36.0 Å². The highest BCUT2D eigenvalue weighted by atomic mass is 32.2. The molecule has 0 saturated carbocycles. The number of para-hydroxylation sites is 1. The number of thioether (sulfide) groups is 1. The van der Waals surface area contributed by atoms with E-state index in [1.807, 2.05) is 42.7 Å². The molecule has 1 aliphatic heterocycles. The highest BCUT2D eigenvalue weighted by molar-refractivity contribution is 7.98. The molecule has 8 heteroatoms. The van der Waals surface area contributed by atoms with E-state index in [9.17, 15) is 13.7 Å². The fourth-order valence-electron chi connectivity index (χ4n) is 3.57.